The summed E-state index contributed by atoms with van der Waals surface area (Å²) in [5.41, 5.74) is 0.992. The molecule has 1 aliphatic carbocycles. The minimum atomic E-state index is -4.63. The van der Waals surface area contributed by atoms with Crippen LogP contribution in [0.1, 0.15) is 34.7 Å². The predicted octanol–water partition coefficient (Wildman–Crippen LogP) is 6.36. The van der Waals surface area contributed by atoms with Crippen LogP contribution in [-0.2, 0) is 33.5 Å². The van der Waals surface area contributed by atoms with E-state index in [1.807, 2.05) is 0 Å². The number of nitrogens with zero attached hydrogens (tertiary/aromatic N) is 1. The van der Waals surface area contributed by atoms with E-state index in [-0.39, 0.29) is 36.9 Å². The number of hydrogen-bond acceptors (Lipinski definition) is 6. The van der Waals surface area contributed by atoms with Crippen LogP contribution < -0.4 is 19.7 Å². The smallest absolute Gasteiger partial charge is 0.416 e. The normalized spacial score (nSPS) is 18.1. The number of nitrogens with one attached hydrogen (secondary N) is 1. The van der Waals surface area contributed by atoms with Crippen molar-refractivity contribution in [1.29, 1.82) is 0 Å². The molecule has 12 heteroatoms. The first-order chi connectivity index (χ1) is 20.5. The number of methoxy groups -OCH3 is 2. The van der Waals surface area contributed by atoms with Gasteiger partial charge >= 0.3 is 12.1 Å². The van der Waals surface area contributed by atoms with Crippen LogP contribution in [-0.4, -0.2) is 44.4 Å². The Hall–Kier alpha value is -3.96. The van der Waals surface area contributed by atoms with Gasteiger partial charge in [-0.05, 0) is 47.7 Å². The molecule has 2 N–H and O–H groups in total. The van der Waals surface area contributed by atoms with Crippen LogP contribution in [0, 0.1) is 11.8 Å². The van der Waals surface area contributed by atoms with Crippen molar-refractivity contribution in [3.05, 3.63) is 81.9 Å². The highest BCUT2D eigenvalue weighted by molar-refractivity contribution is 6.30. The monoisotopic (exact) mass is 618 g/mol. The number of carboxylic acid groups (broad SMARTS) is 1. The molecule has 1 aliphatic heterocycles. The van der Waals surface area contributed by atoms with Crippen LogP contribution in [0.25, 0.3) is 0 Å². The Morgan fingerprint density at radius 3 is 2.44 bits per heavy atom. The fourth-order valence-electron chi connectivity index (χ4n) is 5.32. The molecule has 1 heterocycles. The number of anilines is 2. The van der Waals surface area contributed by atoms with E-state index in [0.29, 0.717) is 46.2 Å². The van der Waals surface area contributed by atoms with Gasteiger partial charge in [0.05, 0.1) is 31.8 Å². The number of carbonyl (C=O) groups is 2. The van der Waals surface area contributed by atoms with Gasteiger partial charge in [-0.25, -0.2) is 0 Å². The SMILES string of the molecule is COCc1cc2c(cc1C(F)(F)F)N(C(=O)C(Nc1cc(OC)cc(OCC3CC3C(=O)O)c1)c1ccc(Cl)cc1)CC2. The van der Waals surface area contributed by atoms with Gasteiger partial charge in [-0.15, -0.1) is 0 Å². The summed E-state index contributed by atoms with van der Waals surface area (Å²) in [5, 5.41) is 12.8. The van der Waals surface area contributed by atoms with E-state index < -0.39 is 35.6 Å². The number of benzene rings is 3. The number of amides is 1. The molecule has 0 aromatic heterocycles. The first-order valence-corrected chi connectivity index (χ1v) is 14.0. The summed E-state index contributed by atoms with van der Waals surface area (Å²) < 4.78 is 58.2. The first-order valence-electron chi connectivity index (χ1n) is 13.6. The molecule has 1 fully saturated rings. The topological polar surface area (TPSA) is 97.3 Å². The summed E-state index contributed by atoms with van der Waals surface area (Å²) in [6.45, 7) is 0.204. The summed E-state index contributed by atoms with van der Waals surface area (Å²) in [4.78, 5) is 26.7. The van der Waals surface area contributed by atoms with E-state index in [9.17, 15) is 27.9 Å². The number of hydrogen-bond donors (Lipinski definition) is 2. The maximum Gasteiger partial charge on any atom is 0.416 e. The minimum absolute atomic E-state index is 0.0141. The van der Waals surface area contributed by atoms with E-state index in [1.54, 1.807) is 42.5 Å². The van der Waals surface area contributed by atoms with Gasteiger partial charge < -0.3 is 29.5 Å². The lowest BCUT2D eigenvalue weighted by atomic mass is 10.0. The van der Waals surface area contributed by atoms with Crippen LogP contribution in [0.2, 0.25) is 5.02 Å². The van der Waals surface area contributed by atoms with Crippen LogP contribution in [0.4, 0.5) is 24.5 Å². The number of aliphatic carboxylic acids is 1. The van der Waals surface area contributed by atoms with Gasteiger partial charge in [-0.3, -0.25) is 9.59 Å². The van der Waals surface area contributed by atoms with E-state index in [1.165, 1.54) is 25.2 Å². The van der Waals surface area contributed by atoms with Gasteiger partial charge in [-0.2, -0.15) is 13.2 Å². The lowest BCUT2D eigenvalue weighted by Gasteiger charge is -2.27. The maximum atomic E-state index is 14.1. The highest BCUT2D eigenvalue weighted by atomic mass is 35.5. The number of alkyl halides is 3. The van der Waals surface area contributed by atoms with Gasteiger partial charge in [0.25, 0.3) is 5.91 Å². The van der Waals surface area contributed by atoms with Crippen molar-refractivity contribution >= 4 is 34.9 Å². The van der Waals surface area contributed by atoms with Gasteiger partial charge in [-0.1, -0.05) is 29.8 Å². The van der Waals surface area contributed by atoms with Crippen molar-refractivity contribution in [2.24, 2.45) is 11.8 Å². The number of carbonyl (C=O) groups excluding carboxylic acids is 1. The number of fused-ring (bicyclic) bond motifs is 1. The molecule has 0 radical (unpaired) electrons. The van der Waals surface area contributed by atoms with E-state index in [4.69, 9.17) is 25.8 Å². The second-order valence-corrected chi connectivity index (χ2v) is 11.0. The Morgan fingerprint density at radius 2 is 1.81 bits per heavy atom. The summed E-state index contributed by atoms with van der Waals surface area (Å²) in [6.07, 6.45) is -3.70. The molecule has 3 aromatic rings. The van der Waals surface area contributed by atoms with Gasteiger partial charge in [0.15, 0.2) is 0 Å². The van der Waals surface area contributed by atoms with Crippen molar-refractivity contribution < 1.29 is 42.1 Å². The zero-order chi connectivity index (χ0) is 30.9. The number of halogens is 4. The third-order valence-corrected chi connectivity index (χ3v) is 7.90. The second-order valence-electron chi connectivity index (χ2n) is 10.6. The molecular weight excluding hydrogens is 589 g/mol. The predicted molar refractivity (Wildman–Crippen MR) is 154 cm³/mol. The summed E-state index contributed by atoms with van der Waals surface area (Å²) in [5.74, 6) is -0.994. The molecule has 1 saturated carbocycles. The largest absolute Gasteiger partial charge is 0.497 e. The zero-order valence-electron chi connectivity index (χ0n) is 23.4. The summed E-state index contributed by atoms with van der Waals surface area (Å²) in [7, 11) is 2.81. The highest BCUT2D eigenvalue weighted by Crippen LogP contribution is 2.41. The van der Waals surface area contributed by atoms with Crippen molar-refractivity contribution in [3.8, 4) is 11.5 Å². The van der Waals surface area contributed by atoms with Crippen LogP contribution in [0.15, 0.2) is 54.6 Å². The summed E-state index contributed by atoms with van der Waals surface area (Å²) in [6, 6.07) is 13.1. The van der Waals surface area contributed by atoms with Crippen molar-refractivity contribution in [2.75, 3.05) is 37.6 Å². The number of carboxylic acids is 1. The minimum Gasteiger partial charge on any atom is -0.497 e. The van der Waals surface area contributed by atoms with Crippen molar-refractivity contribution in [2.45, 2.75) is 31.7 Å². The van der Waals surface area contributed by atoms with Crippen molar-refractivity contribution in [1.82, 2.24) is 0 Å². The number of rotatable bonds is 11. The molecule has 43 heavy (non-hydrogen) atoms. The molecule has 2 aliphatic rings. The Morgan fingerprint density at radius 1 is 1.09 bits per heavy atom. The van der Waals surface area contributed by atoms with Crippen LogP contribution in [0.3, 0.4) is 0 Å². The van der Waals surface area contributed by atoms with Gasteiger partial charge in [0.1, 0.15) is 17.5 Å². The van der Waals surface area contributed by atoms with E-state index in [2.05, 4.69) is 5.32 Å². The standard InChI is InChI=1S/C31H30ClF3N2O6/c1-41-15-20-9-18-7-8-37(27(18)14-26(20)31(33,34)35)29(38)28(17-3-5-21(32)6-4-17)36-22-11-23(42-2)13-24(12-22)43-16-19-10-25(19)30(39)40/h3-6,9,11-14,19,25,28,36H,7-8,10,15-16H2,1-2H3,(H,39,40). The van der Waals surface area contributed by atoms with Crippen LogP contribution >= 0.6 is 11.6 Å². The van der Waals surface area contributed by atoms with E-state index >= 15 is 0 Å². The average Bonchev–Trinajstić information content (AvgIpc) is 3.65. The van der Waals surface area contributed by atoms with Crippen LogP contribution in [0.5, 0.6) is 11.5 Å². The average molecular weight is 619 g/mol. The molecular formula is C31H30ClF3N2O6. The zero-order valence-corrected chi connectivity index (χ0v) is 24.2. The Balaban J connectivity index is 1.46. The lowest BCUT2D eigenvalue weighted by Crippen LogP contribution is -2.37. The molecule has 3 atom stereocenters. The quantitative estimate of drug-likeness (QED) is 0.258. The highest BCUT2D eigenvalue weighted by Gasteiger charge is 2.43. The third-order valence-electron chi connectivity index (χ3n) is 7.65. The fourth-order valence-corrected chi connectivity index (χ4v) is 5.44. The maximum absolute atomic E-state index is 14.1. The molecule has 0 spiro atoms. The first kappa shape index (κ1) is 30.5. The fraction of sp³-hybridized carbons (Fsp3) is 0.355. The molecule has 3 unspecified atom stereocenters. The lowest BCUT2D eigenvalue weighted by molar-refractivity contribution is -0.139. The summed E-state index contributed by atoms with van der Waals surface area (Å²) >= 11 is 6.10. The molecule has 8 nitrogen and oxygen atoms in total. The molecule has 5 rings (SSSR count). The van der Waals surface area contributed by atoms with Gasteiger partial charge in [0, 0.05) is 54.2 Å². The molecule has 3 aromatic carbocycles. The second kappa shape index (κ2) is 12.3. The molecule has 228 valence electrons. The Bertz CT molecular complexity index is 1510. The Labute approximate surface area is 251 Å². The molecule has 0 saturated heterocycles. The molecule has 0 bridgehead atoms. The van der Waals surface area contributed by atoms with E-state index in [0.717, 1.165) is 6.07 Å². The molecule has 1 amide bonds. The number of ether oxygens (including phenoxy) is 3. The third kappa shape index (κ3) is 6.83. The Kier molecular flexibility index (Phi) is 8.75. The van der Waals surface area contributed by atoms with Crippen molar-refractivity contribution in [3.63, 3.8) is 0 Å². The van der Waals surface area contributed by atoms with Gasteiger partial charge in [0.2, 0.25) is 0 Å².